The SMILES string of the molecule is Cc1ccc(S(=O)(=O)Nc2nc3c(c4c2CCCC4)C(=O)CC(C)(C)C3)cc1. The molecule has 0 amide bonds. The molecule has 4 rings (SSSR count). The van der Waals surface area contributed by atoms with E-state index in [1.165, 1.54) is 0 Å². The van der Waals surface area contributed by atoms with Gasteiger partial charge in [0.1, 0.15) is 5.82 Å². The van der Waals surface area contributed by atoms with Crippen LogP contribution < -0.4 is 4.72 Å². The lowest BCUT2D eigenvalue weighted by Gasteiger charge is -2.33. The predicted octanol–water partition coefficient (Wildman–Crippen LogP) is 4.22. The van der Waals surface area contributed by atoms with Crippen molar-refractivity contribution < 1.29 is 13.2 Å². The van der Waals surface area contributed by atoms with Crippen molar-refractivity contribution in [3.63, 3.8) is 0 Å². The van der Waals surface area contributed by atoms with Crippen molar-refractivity contribution in [3.05, 3.63) is 52.2 Å². The molecule has 1 aromatic heterocycles. The van der Waals surface area contributed by atoms with Crippen LogP contribution in [0.5, 0.6) is 0 Å². The molecule has 0 atom stereocenters. The molecule has 0 spiro atoms. The van der Waals surface area contributed by atoms with Gasteiger partial charge in [-0.3, -0.25) is 9.52 Å². The Bertz CT molecular complexity index is 1050. The largest absolute Gasteiger partial charge is 0.294 e. The molecule has 5 nitrogen and oxygen atoms in total. The summed E-state index contributed by atoms with van der Waals surface area (Å²) in [6.45, 7) is 6.04. The molecule has 1 heterocycles. The van der Waals surface area contributed by atoms with E-state index >= 15 is 0 Å². The van der Waals surface area contributed by atoms with Gasteiger partial charge in [0.2, 0.25) is 0 Å². The average Bonchev–Trinajstić information content (AvgIpc) is 2.60. The molecule has 1 N–H and O–H groups in total. The number of aromatic nitrogens is 1. The van der Waals surface area contributed by atoms with Crippen LogP contribution in [0.3, 0.4) is 0 Å². The van der Waals surface area contributed by atoms with Gasteiger partial charge < -0.3 is 0 Å². The molecule has 0 fully saturated rings. The number of carbonyl (C=O) groups excluding carboxylic acids is 1. The quantitative estimate of drug-likeness (QED) is 0.840. The number of sulfonamides is 1. The zero-order valence-electron chi connectivity index (χ0n) is 16.6. The van der Waals surface area contributed by atoms with Crippen molar-refractivity contribution >= 4 is 21.6 Å². The van der Waals surface area contributed by atoms with Crippen molar-refractivity contribution in [2.24, 2.45) is 5.41 Å². The molecule has 2 aliphatic rings. The first kappa shape index (κ1) is 19.1. The Morgan fingerprint density at radius 3 is 2.32 bits per heavy atom. The van der Waals surface area contributed by atoms with E-state index in [4.69, 9.17) is 0 Å². The number of ketones is 1. The number of carbonyl (C=O) groups is 1. The summed E-state index contributed by atoms with van der Waals surface area (Å²) in [6, 6.07) is 6.78. The number of pyridine rings is 1. The van der Waals surface area contributed by atoms with E-state index in [0.717, 1.165) is 53.6 Å². The fourth-order valence-corrected chi connectivity index (χ4v) is 5.39. The van der Waals surface area contributed by atoms with Crippen LogP contribution in [0.15, 0.2) is 29.2 Å². The summed E-state index contributed by atoms with van der Waals surface area (Å²) < 4.78 is 28.6. The van der Waals surface area contributed by atoms with Gasteiger partial charge in [0, 0.05) is 12.0 Å². The molecule has 1 aromatic carbocycles. The number of aryl methyl sites for hydroxylation is 1. The van der Waals surface area contributed by atoms with Crippen LogP contribution in [0.2, 0.25) is 0 Å². The van der Waals surface area contributed by atoms with Gasteiger partial charge in [0.05, 0.1) is 10.6 Å². The Morgan fingerprint density at radius 2 is 1.64 bits per heavy atom. The highest BCUT2D eigenvalue weighted by molar-refractivity contribution is 7.92. The minimum absolute atomic E-state index is 0.143. The Labute approximate surface area is 166 Å². The first-order valence-corrected chi connectivity index (χ1v) is 11.3. The van der Waals surface area contributed by atoms with Gasteiger partial charge >= 0.3 is 0 Å². The van der Waals surface area contributed by atoms with E-state index in [-0.39, 0.29) is 16.1 Å². The molecule has 148 valence electrons. The van der Waals surface area contributed by atoms with Crippen molar-refractivity contribution in [2.75, 3.05) is 4.72 Å². The summed E-state index contributed by atoms with van der Waals surface area (Å²) >= 11 is 0. The summed E-state index contributed by atoms with van der Waals surface area (Å²) in [7, 11) is -3.73. The third-order valence-electron chi connectivity index (χ3n) is 5.72. The summed E-state index contributed by atoms with van der Waals surface area (Å²) in [5.74, 6) is 0.546. The summed E-state index contributed by atoms with van der Waals surface area (Å²) in [5, 5.41) is 0. The number of hydrogen-bond acceptors (Lipinski definition) is 4. The molecular weight excluding hydrogens is 372 g/mol. The third kappa shape index (κ3) is 3.46. The molecule has 0 saturated carbocycles. The maximum atomic E-state index is 12.9. The lowest BCUT2D eigenvalue weighted by molar-refractivity contribution is 0.0908. The smallest absolute Gasteiger partial charge is 0.263 e. The Kier molecular flexibility index (Phi) is 4.57. The van der Waals surface area contributed by atoms with Crippen LogP contribution in [0, 0.1) is 12.3 Å². The molecule has 0 bridgehead atoms. The maximum absolute atomic E-state index is 12.9. The van der Waals surface area contributed by atoms with Gasteiger partial charge in [0.15, 0.2) is 5.78 Å². The van der Waals surface area contributed by atoms with Crippen molar-refractivity contribution in [1.82, 2.24) is 4.98 Å². The van der Waals surface area contributed by atoms with E-state index < -0.39 is 10.0 Å². The van der Waals surface area contributed by atoms with E-state index in [1.54, 1.807) is 24.3 Å². The number of nitrogens with one attached hydrogen (secondary N) is 1. The van der Waals surface area contributed by atoms with Gasteiger partial charge in [-0.05, 0) is 67.7 Å². The topological polar surface area (TPSA) is 76.1 Å². The van der Waals surface area contributed by atoms with Crippen molar-refractivity contribution in [1.29, 1.82) is 0 Å². The second-order valence-electron chi connectivity index (χ2n) is 8.81. The molecule has 0 unspecified atom stereocenters. The molecule has 0 saturated heterocycles. The van der Waals surface area contributed by atoms with E-state index in [0.29, 0.717) is 18.7 Å². The van der Waals surface area contributed by atoms with Gasteiger partial charge in [-0.15, -0.1) is 0 Å². The van der Waals surface area contributed by atoms with Crippen LogP contribution in [0.1, 0.15) is 65.9 Å². The van der Waals surface area contributed by atoms with Gasteiger partial charge in [-0.2, -0.15) is 0 Å². The lowest BCUT2D eigenvalue weighted by Crippen LogP contribution is -2.31. The van der Waals surface area contributed by atoms with Crippen molar-refractivity contribution in [2.45, 2.75) is 64.2 Å². The maximum Gasteiger partial charge on any atom is 0.263 e. The van der Waals surface area contributed by atoms with Crippen LogP contribution >= 0.6 is 0 Å². The standard InChI is InChI=1S/C22H26N2O3S/c1-14-8-10-15(11-9-14)28(26,27)24-21-17-7-5-4-6-16(17)20-18(23-21)12-22(2,3)13-19(20)25/h8-11H,4-7,12-13H2,1-3H3,(H,23,24). The third-order valence-corrected chi connectivity index (χ3v) is 7.07. The number of benzene rings is 1. The zero-order valence-corrected chi connectivity index (χ0v) is 17.4. The number of hydrogen-bond donors (Lipinski definition) is 1. The number of rotatable bonds is 3. The van der Waals surface area contributed by atoms with Crippen LogP contribution in [0.4, 0.5) is 5.82 Å². The van der Waals surface area contributed by atoms with E-state index in [2.05, 4.69) is 23.6 Å². The van der Waals surface area contributed by atoms with Gasteiger partial charge in [-0.25, -0.2) is 13.4 Å². The Balaban J connectivity index is 1.82. The van der Waals surface area contributed by atoms with Crippen molar-refractivity contribution in [3.8, 4) is 0 Å². The highest BCUT2D eigenvalue weighted by Crippen LogP contribution is 2.40. The minimum Gasteiger partial charge on any atom is -0.294 e. The molecule has 28 heavy (non-hydrogen) atoms. The second kappa shape index (κ2) is 6.69. The summed E-state index contributed by atoms with van der Waals surface area (Å²) in [6.07, 6.45) is 4.75. The van der Waals surface area contributed by atoms with Crippen LogP contribution in [-0.2, 0) is 29.3 Å². The first-order chi connectivity index (χ1) is 13.2. The molecule has 2 aromatic rings. The number of fused-ring (bicyclic) bond motifs is 3. The highest BCUT2D eigenvalue weighted by Gasteiger charge is 2.36. The number of Topliss-reactive ketones (excluding diaryl/α,β-unsaturated/α-hetero) is 1. The highest BCUT2D eigenvalue weighted by atomic mass is 32.2. The molecule has 0 aliphatic heterocycles. The zero-order chi connectivity index (χ0) is 20.1. The average molecular weight is 399 g/mol. The first-order valence-electron chi connectivity index (χ1n) is 9.84. The van der Waals surface area contributed by atoms with E-state index in [9.17, 15) is 13.2 Å². The number of anilines is 1. The predicted molar refractivity (Wildman–Crippen MR) is 109 cm³/mol. The number of nitrogens with zero attached hydrogens (tertiary/aromatic N) is 1. The summed E-state index contributed by atoms with van der Waals surface area (Å²) in [5.41, 5.74) is 4.25. The molecule has 6 heteroatoms. The van der Waals surface area contributed by atoms with Gasteiger partial charge in [0.25, 0.3) is 10.0 Å². The molecule has 0 radical (unpaired) electrons. The molecular formula is C22H26N2O3S. The van der Waals surface area contributed by atoms with Crippen LogP contribution in [-0.4, -0.2) is 19.2 Å². The van der Waals surface area contributed by atoms with Gasteiger partial charge in [-0.1, -0.05) is 31.5 Å². The fourth-order valence-electron chi connectivity index (χ4n) is 4.36. The van der Waals surface area contributed by atoms with Crippen LogP contribution in [0.25, 0.3) is 0 Å². The van der Waals surface area contributed by atoms with E-state index in [1.807, 2.05) is 6.92 Å². The molecule has 2 aliphatic carbocycles. The lowest BCUT2D eigenvalue weighted by atomic mass is 9.73. The monoisotopic (exact) mass is 398 g/mol. The minimum atomic E-state index is -3.73. The normalized spacial score (nSPS) is 18.3. The second-order valence-corrected chi connectivity index (χ2v) is 10.5. The Morgan fingerprint density at radius 1 is 1.00 bits per heavy atom. The Hall–Kier alpha value is -2.21. The fraction of sp³-hybridized carbons (Fsp3) is 0.455. The summed E-state index contributed by atoms with van der Waals surface area (Å²) in [4.78, 5) is 17.8.